The normalized spacial score (nSPS) is 10.2. The topological polar surface area (TPSA) is 38.9 Å². The van der Waals surface area contributed by atoms with Gasteiger partial charge in [-0.3, -0.25) is 0 Å². The van der Waals surface area contributed by atoms with Gasteiger partial charge in [0.15, 0.2) is 13.6 Å². The molecule has 1 aromatic heterocycles. The van der Waals surface area contributed by atoms with E-state index in [0.29, 0.717) is 5.56 Å². The zero-order chi connectivity index (χ0) is 9.26. The van der Waals surface area contributed by atoms with Gasteiger partial charge in [0.2, 0.25) is 5.89 Å². The van der Waals surface area contributed by atoms with Crippen molar-refractivity contribution >= 4 is 13.6 Å². The first kappa shape index (κ1) is 7.98. The smallest absolute Gasteiger partial charge is 0.246 e. The number of nitrogens with zero attached hydrogens (tertiary/aromatic N) is 2. The third kappa shape index (κ3) is 1.59. The summed E-state index contributed by atoms with van der Waals surface area (Å²) in [4.78, 5) is 0. The van der Waals surface area contributed by atoms with Crippen LogP contribution >= 0.6 is 0 Å². The molecular formula is C8H4BFN2O. The van der Waals surface area contributed by atoms with Crippen LogP contribution in [0.4, 0.5) is 4.39 Å². The minimum atomic E-state index is -0.309. The quantitative estimate of drug-likeness (QED) is 0.596. The van der Waals surface area contributed by atoms with Crippen LogP contribution in [0, 0.1) is 5.82 Å². The van der Waals surface area contributed by atoms with E-state index < -0.39 is 0 Å². The number of benzene rings is 1. The first-order valence-electron chi connectivity index (χ1n) is 3.60. The average molecular weight is 174 g/mol. The highest BCUT2D eigenvalue weighted by molar-refractivity contribution is 6.28. The van der Waals surface area contributed by atoms with Crippen molar-refractivity contribution in [2.75, 3.05) is 0 Å². The SMILES string of the molecule is [B]c1nnc(-c2ccc(F)cc2)o1. The van der Waals surface area contributed by atoms with Crippen molar-refractivity contribution < 1.29 is 8.81 Å². The summed E-state index contributed by atoms with van der Waals surface area (Å²) in [6.45, 7) is 0. The van der Waals surface area contributed by atoms with Crippen LogP contribution in [-0.2, 0) is 0 Å². The molecule has 1 heterocycles. The summed E-state index contributed by atoms with van der Waals surface area (Å²) in [5.74, 6) is -0.0203. The lowest BCUT2D eigenvalue weighted by atomic mass is 10.2. The minimum Gasteiger partial charge on any atom is -0.432 e. The molecule has 0 saturated heterocycles. The van der Waals surface area contributed by atoms with Crippen molar-refractivity contribution in [2.45, 2.75) is 0 Å². The zero-order valence-corrected chi connectivity index (χ0v) is 6.57. The summed E-state index contributed by atoms with van der Waals surface area (Å²) < 4.78 is 17.5. The zero-order valence-electron chi connectivity index (χ0n) is 6.57. The standard InChI is InChI=1S/C8H4BFN2O/c9-8-12-11-7(13-8)5-1-3-6(10)4-2-5/h1-4H. The Kier molecular flexibility index (Phi) is 1.85. The van der Waals surface area contributed by atoms with Crippen molar-refractivity contribution in [1.29, 1.82) is 0 Å². The molecule has 2 radical (unpaired) electrons. The van der Waals surface area contributed by atoms with E-state index in [0.717, 1.165) is 0 Å². The third-order valence-corrected chi connectivity index (χ3v) is 1.53. The lowest BCUT2D eigenvalue weighted by molar-refractivity contribution is 0.603. The Morgan fingerprint density at radius 3 is 2.38 bits per heavy atom. The van der Waals surface area contributed by atoms with Gasteiger partial charge in [0.1, 0.15) is 5.82 Å². The molecule has 0 unspecified atom stereocenters. The van der Waals surface area contributed by atoms with Gasteiger partial charge in [-0.25, -0.2) is 4.39 Å². The van der Waals surface area contributed by atoms with Crippen LogP contribution in [0.15, 0.2) is 28.7 Å². The van der Waals surface area contributed by atoms with Crippen molar-refractivity contribution in [3.8, 4) is 11.5 Å². The molecule has 0 atom stereocenters. The number of rotatable bonds is 1. The van der Waals surface area contributed by atoms with Gasteiger partial charge in [0, 0.05) is 5.56 Å². The maximum atomic E-state index is 12.5. The van der Waals surface area contributed by atoms with Gasteiger partial charge in [0.05, 0.1) is 0 Å². The fraction of sp³-hybridized carbons (Fsp3) is 0. The monoisotopic (exact) mass is 174 g/mol. The van der Waals surface area contributed by atoms with Crippen LogP contribution < -0.4 is 5.79 Å². The highest BCUT2D eigenvalue weighted by Crippen LogP contribution is 2.14. The Labute approximate surface area is 75.0 Å². The predicted octanol–water partition coefficient (Wildman–Crippen LogP) is 0.669. The van der Waals surface area contributed by atoms with E-state index in [4.69, 9.17) is 12.3 Å². The Hall–Kier alpha value is -1.65. The van der Waals surface area contributed by atoms with E-state index in [1.165, 1.54) is 12.1 Å². The highest BCUT2D eigenvalue weighted by Gasteiger charge is 2.04. The van der Waals surface area contributed by atoms with Crippen LogP contribution in [0.25, 0.3) is 11.5 Å². The van der Waals surface area contributed by atoms with E-state index in [1.54, 1.807) is 12.1 Å². The lowest BCUT2D eigenvalue weighted by Crippen LogP contribution is -2.00. The number of hydrogen-bond donors (Lipinski definition) is 0. The molecule has 0 aliphatic rings. The van der Waals surface area contributed by atoms with Crippen LogP contribution in [0.1, 0.15) is 0 Å². The summed E-state index contributed by atoms with van der Waals surface area (Å²) in [5.41, 5.74) is 0.644. The molecular weight excluding hydrogens is 170 g/mol. The lowest BCUT2D eigenvalue weighted by Gasteiger charge is -1.92. The predicted molar refractivity (Wildman–Crippen MR) is 45.1 cm³/mol. The van der Waals surface area contributed by atoms with Crippen molar-refractivity contribution in [2.24, 2.45) is 0 Å². The summed E-state index contributed by atoms with van der Waals surface area (Å²) in [5, 5.41) is 7.13. The average Bonchev–Trinajstić information content (AvgIpc) is 2.53. The summed E-state index contributed by atoms with van der Waals surface area (Å²) >= 11 is 0. The van der Waals surface area contributed by atoms with Crippen molar-refractivity contribution in [3.05, 3.63) is 30.1 Å². The molecule has 5 heteroatoms. The molecule has 0 aliphatic heterocycles. The second-order valence-electron chi connectivity index (χ2n) is 2.45. The minimum absolute atomic E-state index is 0.000625. The second kappa shape index (κ2) is 3.01. The van der Waals surface area contributed by atoms with Gasteiger partial charge in [-0.15, -0.1) is 10.2 Å². The van der Waals surface area contributed by atoms with Crippen LogP contribution in [0.3, 0.4) is 0 Å². The summed E-state index contributed by atoms with van der Waals surface area (Å²) in [6.07, 6.45) is 0. The molecule has 2 rings (SSSR count). The fourth-order valence-electron chi connectivity index (χ4n) is 0.944. The largest absolute Gasteiger partial charge is 0.432 e. The molecule has 0 saturated carbocycles. The molecule has 0 amide bonds. The molecule has 0 N–H and O–H groups in total. The Morgan fingerprint density at radius 1 is 1.15 bits per heavy atom. The molecule has 1 aromatic carbocycles. The first-order chi connectivity index (χ1) is 6.25. The van der Waals surface area contributed by atoms with Gasteiger partial charge in [-0.05, 0) is 24.3 Å². The van der Waals surface area contributed by atoms with Crippen LogP contribution in [0.5, 0.6) is 0 Å². The molecule has 0 spiro atoms. The summed E-state index contributed by atoms with van der Waals surface area (Å²) in [6, 6.07) is 5.72. The van der Waals surface area contributed by atoms with Gasteiger partial charge < -0.3 is 4.42 Å². The maximum Gasteiger partial charge on any atom is 0.246 e. The Bertz CT molecular complexity index is 412. The number of halogens is 1. The Balaban J connectivity index is 2.41. The highest BCUT2D eigenvalue weighted by atomic mass is 19.1. The van der Waals surface area contributed by atoms with E-state index in [9.17, 15) is 4.39 Å². The van der Waals surface area contributed by atoms with Gasteiger partial charge >= 0.3 is 0 Å². The van der Waals surface area contributed by atoms with E-state index in [-0.39, 0.29) is 17.5 Å². The van der Waals surface area contributed by atoms with Gasteiger partial charge in [-0.1, -0.05) is 0 Å². The molecule has 3 nitrogen and oxygen atoms in total. The van der Waals surface area contributed by atoms with E-state index in [1.807, 2.05) is 0 Å². The van der Waals surface area contributed by atoms with Crippen LogP contribution in [-0.4, -0.2) is 18.0 Å². The summed E-state index contributed by atoms with van der Waals surface area (Å²) in [7, 11) is 5.23. The molecule has 0 fully saturated rings. The fourth-order valence-corrected chi connectivity index (χ4v) is 0.944. The van der Waals surface area contributed by atoms with Gasteiger partial charge in [-0.2, -0.15) is 0 Å². The number of hydrogen-bond acceptors (Lipinski definition) is 3. The molecule has 62 valence electrons. The maximum absolute atomic E-state index is 12.5. The molecule has 0 bridgehead atoms. The van der Waals surface area contributed by atoms with Crippen molar-refractivity contribution in [3.63, 3.8) is 0 Å². The van der Waals surface area contributed by atoms with Crippen LogP contribution in [0.2, 0.25) is 0 Å². The first-order valence-corrected chi connectivity index (χ1v) is 3.60. The number of aromatic nitrogens is 2. The van der Waals surface area contributed by atoms with E-state index >= 15 is 0 Å². The van der Waals surface area contributed by atoms with E-state index in [2.05, 4.69) is 10.2 Å². The Morgan fingerprint density at radius 2 is 1.85 bits per heavy atom. The van der Waals surface area contributed by atoms with Gasteiger partial charge in [0.25, 0.3) is 0 Å². The molecule has 0 aliphatic carbocycles. The second-order valence-corrected chi connectivity index (χ2v) is 2.45. The molecule has 13 heavy (non-hydrogen) atoms. The molecule has 2 aromatic rings. The van der Waals surface area contributed by atoms with Crippen molar-refractivity contribution in [1.82, 2.24) is 10.2 Å². The third-order valence-electron chi connectivity index (χ3n) is 1.53.